The molecule has 0 N–H and O–H groups in total. The Morgan fingerprint density at radius 2 is 1.77 bits per heavy atom. The Labute approximate surface area is 91.0 Å². The number of carbonyl (C=O) groups is 1. The summed E-state index contributed by atoms with van der Waals surface area (Å²) in [6.07, 6.45) is 0. The Morgan fingerprint density at radius 1 is 1.23 bits per heavy atom. The van der Waals surface area contributed by atoms with Crippen LogP contribution in [0.4, 0.5) is 10.5 Å². The van der Waals surface area contributed by atoms with E-state index in [-0.39, 0.29) is 0 Å². The zero-order valence-electron chi connectivity index (χ0n) is 6.45. The van der Waals surface area contributed by atoms with Crippen LogP contribution < -0.4 is 4.90 Å². The van der Waals surface area contributed by atoms with Crippen LogP contribution in [-0.4, -0.2) is 10.3 Å². The van der Waals surface area contributed by atoms with Crippen LogP contribution in [0.2, 0.25) is 0 Å². The maximum Gasteiger partial charge on any atom is 0.323 e. The summed E-state index contributed by atoms with van der Waals surface area (Å²) in [4.78, 5) is 11.0. The summed E-state index contributed by atoms with van der Waals surface area (Å²) < 4.78 is 0. The Hall–Kier alpha value is -0.440. The van der Waals surface area contributed by atoms with E-state index in [1.165, 1.54) is 0 Å². The van der Waals surface area contributed by atoms with Crippen molar-refractivity contribution in [1.82, 2.24) is 0 Å². The number of para-hydroxylation sites is 1. The first-order chi connectivity index (χ1) is 6.13. The molecular weight excluding hydrogens is 232 g/mol. The summed E-state index contributed by atoms with van der Waals surface area (Å²) in [5.41, 5.74) is 0.567. The van der Waals surface area contributed by atoms with Gasteiger partial charge in [0.2, 0.25) is 0 Å². The van der Waals surface area contributed by atoms with Gasteiger partial charge in [0.05, 0.1) is 0 Å². The molecule has 0 aliphatic rings. The van der Waals surface area contributed by atoms with E-state index in [0.717, 1.165) is 4.90 Å². The third kappa shape index (κ3) is 2.76. The number of nitrogens with zero attached hydrogens (tertiary/aromatic N) is 1. The molecule has 0 heterocycles. The fourth-order valence-corrected chi connectivity index (χ4v) is 1.58. The third-order valence-electron chi connectivity index (χ3n) is 1.42. The highest BCUT2D eigenvalue weighted by Crippen LogP contribution is 2.22. The van der Waals surface area contributed by atoms with Gasteiger partial charge in [0.15, 0.2) is 4.96 Å². The van der Waals surface area contributed by atoms with Crippen molar-refractivity contribution in [1.29, 1.82) is 0 Å². The lowest BCUT2D eigenvalue weighted by molar-refractivity contribution is 0.264. The molecule has 0 atom stereocenters. The average molecular weight is 239 g/mol. The summed E-state index contributed by atoms with van der Waals surface area (Å²) in [5, 5.41) is -0.707. The second-order valence-corrected chi connectivity index (χ2v) is 3.61. The van der Waals surface area contributed by atoms with Crippen molar-refractivity contribution in [3.8, 4) is 0 Å². The molecule has 0 bridgehead atoms. The maximum atomic E-state index is 10.9. The van der Waals surface area contributed by atoms with Crippen LogP contribution in [0, 0.1) is 0 Å². The average Bonchev–Trinajstić information content (AvgIpc) is 2.04. The number of hydrogen-bond acceptors (Lipinski definition) is 1. The van der Waals surface area contributed by atoms with Gasteiger partial charge in [-0.3, -0.25) is 9.69 Å². The minimum atomic E-state index is -0.979. The van der Waals surface area contributed by atoms with Crippen LogP contribution >= 0.6 is 34.8 Å². The molecule has 70 valence electrons. The van der Waals surface area contributed by atoms with E-state index in [2.05, 4.69) is 0 Å². The highest BCUT2D eigenvalue weighted by atomic mass is 35.5. The Kier molecular flexibility index (Phi) is 3.85. The van der Waals surface area contributed by atoms with E-state index < -0.39 is 10.3 Å². The minimum Gasteiger partial charge on any atom is -0.268 e. The number of benzene rings is 1. The van der Waals surface area contributed by atoms with Crippen molar-refractivity contribution in [2.75, 3.05) is 4.90 Å². The van der Waals surface area contributed by atoms with Crippen LogP contribution in [0.25, 0.3) is 0 Å². The summed E-state index contributed by atoms with van der Waals surface area (Å²) in [5.74, 6) is 0. The van der Waals surface area contributed by atoms with Gasteiger partial charge in [-0.2, -0.15) is 0 Å². The number of anilines is 1. The first-order valence-corrected chi connectivity index (χ1v) is 4.70. The van der Waals surface area contributed by atoms with Gasteiger partial charge in [-0.15, -0.1) is 0 Å². The highest BCUT2D eigenvalue weighted by Gasteiger charge is 2.19. The number of hydrogen-bond donors (Lipinski definition) is 0. The molecular formula is C8H6Cl3NO. The van der Waals surface area contributed by atoms with Gasteiger partial charge < -0.3 is 0 Å². The van der Waals surface area contributed by atoms with E-state index in [1.807, 2.05) is 6.07 Å². The van der Waals surface area contributed by atoms with Crippen molar-refractivity contribution in [2.45, 2.75) is 4.96 Å². The number of alkyl halides is 2. The van der Waals surface area contributed by atoms with E-state index in [9.17, 15) is 4.79 Å². The van der Waals surface area contributed by atoms with Crippen molar-refractivity contribution in [3.05, 3.63) is 30.3 Å². The van der Waals surface area contributed by atoms with Gasteiger partial charge in [0, 0.05) is 5.69 Å². The second kappa shape index (κ2) is 4.70. The third-order valence-corrected chi connectivity index (χ3v) is 1.99. The monoisotopic (exact) mass is 237 g/mol. The molecule has 1 aromatic carbocycles. The molecule has 0 saturated heterocycles. The zero-order valence-corrected chi connectivity index (χ0v) is 8.72. The van der Waals surface area contributed by atoms with Gasteiger partial charge in [0.1, 0.15) is 0 Å². The lowest BCUT2D eigenvalue weighted by Crippen LogP contribution is -2.29. The molecule has 1 amide bonds. The maximum absolute atomic E-state index is 10.9. The molecule has 1 aromatic rings. The fraction of sp³-hybridized carbons (Fsp3) is 0.125. The normalized spacial score (nSPS) is 10.2. The molecule has 1 rings (SSSR count). The summed E-state index contributed by atoms with van der Waals surface area (Å²) in [6.45, 7) is 0. The fourth-order valence-electron chi connectivity index (χ4n) is 0.880. The van der Waals surface area contributed by atoms with Gasteiger partial charge in [0.25, 0.3) is 0 Å². The van der Waals surface area contributed by atoms with Crippen LogP contribution in [-0.2, 0) is 0 Å². The molecule has 0 radical (unpaired) electrons. The minimum absolute atomic E-state index is 0.567. The van der Waals surface area contributed by atoms with Gasteiger partial charge >= 0.3 is 5.37 Å². The molecule has 0 spiro atoms. The number of carbonyl (C=O) groups excluding carboxylic acids is 1. The molecule has 0 aliphatic carbocycles. The van der Waals surface area contributed by atoms with Crippen molar-refractivity contribution >= 4 is 45.9 Å². The largest absolute Gasteiger partial charge is 0.323 e. The first-order valence-electron chi connectivity index (χ1n) is 3.45. The first kappa shape index (κ1) is 10.6. The number of amides is 1. The molecule has 13 heavy (non-hydrogen) atoms. The molecule has 0 aromatic heterocycles. The Balaban J connectivity index is 2.96. The van der Waals surface area contributed by atoms with Crippen molar-refractivity contribution in [2.24, 2.45) is 0 Å². The molecule has 5 heteroatoms. The van der Waals surface area contributed by atoms with E-state index in [4.69, 9.17) is 34.8 Å². The predicted octanol–water partition coefficient (Wildman–Crippen LogP) is 3.61. The second-order valence-electron chi connectivity index (χ2n) is 2.24. The summed E-state index contributed by atoms with van der Waals surface area (Å²) >= 11 is 16.4. The number of rotatable bonds is 2. The number of halogens is 3. The molecule has 2 nitrogen and oxygen atoms in total. The SMILES string of the molecule is O=C(Cl)N(c1ccccc1)C(Cl)Cl. The van der Waals surface area contributed by atoms with Crippen LogP contribution in [0.3, 0.4) is 0 Å². The Morgan fingerprint density at radius 3 is 2.15 bits per heavy atom. The van der Waals surface area contributed by atoms with E-state index in [1.54, 1.807) is 24.3 Å². The molecule has 0 fully saturated rings. The Bertz CT molecular complexity index is 289. The lowest BCUT2D eigenvalue weighted by Gasteiger charge is -2.20. The molecule has 0 unspecified atom stereocenters. The summed E-state index contributed by atoms with van der Waals surface area (Å²) in [6, 6.07) is 8.73. The standard InChI is InChI=1S/C8H6Cl3NO/c9-7(10)12(8(11)13)6-4-2-1-3-5-6/h1-5,7H. The molecule has 0 saturated carbocycles. The quantitative estimate of drug-likeness (QED) is 0.438. The highest BCUT2D eigenvalue weighted by molar-refractivity contribution is 6.68. The zero-order chi connectivity index (χ0) is 9.84. The predicted molar refractivity (Wildman–Crippen MR) is 55.7 cm³/mol. The van der Waals surface area contributed by atoms with Crippen molar-refractivity contribution < 1.29 is 4.79 Å². The van der Waals surface area contributed by atoms with Gasteiger partial charge in [-0.05, 0) is 23.7 Å². The van der Waals surface area contributed by atoms with Crippen molar-refractivity contribution in [3.63, 3.8) is 0 Å². The van der Waals surface area contributed by atoms with E-state index in [0.29, 0.717) is 5.69 Å². The van der Waals surface area contributed by atoms with Crippen LogP contribution in [0.5, 0.6) is 0 Å². The summed E-state index contributed by atoms with van der Waals surface area (Å²) in [7, 11) is 0. The topological polar surface area (TPSA) is 20.3 Å². The lowest BCUT2D eigenvalue weighted by atomic mass is 10.3. The van der Waals surface area contributed by atoms with E-state index >= 15 is 0 Å². The van der Waals surface area contributed by atoms with Crippen LogP contribution in [0.1, 0.15) is 0 Å². The van der Waals surface area contributed by atoms with Crippen LogP contribution in [0.15, 0.2) is 30.3 Å². The smallest absolute Gasteiger partial charge is 0.268 e. The van der Waals surface area contributed by atoms with Gasteiger partial charge in [-0.1, -0.05) is 41.4 Å². The van der Waals surface area contributed by atoms with Gasteiger partial charge in [-0.25, -0.2) is 0 Å². The molecule has 0 aliphatic heterocycles.